The molecule has 16 heavy (non-hydrogen) atoms. The molecular weight excluding hydrogens is 202 g/mol. The maximum absolute atomic E-state index is 5.51. The Morgan fingerprint density at radius 2 is 1.44 bits per heavy atom. The van der Waals surface area contributed by atoms with Crippen LogP contribution in [0.1, 0.15) is 34.6 Å². The third-order valence-electron chi connectivity index (χ3n) is 2.89. The fourth-order valence-electron chi connectivity index (χ4n) is 1.57. The normalized spacial score (nSPS) is 15.8. The molecule has 0 aliphatic heterocycles. The van der Waals surface area contributed by atoms with Gasteiger partial charge in [-0.1, -0.05) is 27.7 Å². The van der Waals surface area contributed by atoms with Crippen LogP contribution in [0.15, 0.2) is 0 Å². The minimum atomic E-state index is 0.401. The monoisotopic (exact) mass is 231 g/mol. The van der Waals surface area contributed by atoms with Gasteiger partial charge in [-0.3, -0.25) is 0 Å². The van der Waals surface area contributed by atoms with Gasteiger partial charge < -0.3 is 14.8 Å². The first-order valence-corrected chi connectivity index (χ1v) is 6.35. The van der Waals surface area contributed by atoms with Crippen LogP contribution >= 0.6 is 0 Å². The summed E-state index contributed by atoms with van der Waals surface area (Å²) >= 11 is 0. The molecule has 0 aliphatic rings. The Bertz CT molecular complexity index is 160. The number of rotatable bonds is 9. The van der Waals surface area contributed by atoms with Crippen molar-refractivity contribution < 1.29 is 9.47 Å². The lowest BCUT2D eigenvalue weighted by Gasteiger charge is -2.30. The van der Waals surface area contributed by atoms with E-state index in [1.807, 2.05) is 6.92 Å². The Kier molecular flexibility index (Phi) is 8.90. The molecule has 2 unspecified atom stereocenters. The third kappa shape index (κ3) is 6.46. The van der Waals surface area contributed by atoms with Crippen LogP contribution in [0.4, 0.5) is 0 Å². The van der Waals surface area contributed by atoms with Gasteiger partial charge in [0.25, 0.3) is 0 Å². The maximum atomic E-state index is 5.51. The van der Waals surface area contributed by atoms with Crippen molar-refractivity contribution in [3.05, 3.63) is 0 Å². The zero-order valence-electron chi connectivity index (χ0n) is 11.7. The predicted molar refractivity (Wildman–Crippen MR) is 68.8 cm³/mol. The van der Waals surface area contributed by atoms with Crippen LogP contribution in [0.3, 0.4) is 0 Å². The Morgan fingerprint density at radius 1 is 0.938 bits per heavy atom. The Labute approximate surface area is 101 Å². The summed E-state index contributed by atoms with van der Waals surface area (Å²) in [6, 6.07) is 0.806. The second-order valence-electron chi connectivity index (χ2n) is 4.98. The molecule has 0 heterocycles. The van der Waals surface area contributed by atoms with E-state index < -0.39 is 0 Å². The van der Waals surface area contributed by atoms with Crippen molar-refractivity contribution in [2.45, 2.75) is 46.7 Å². The molecule has 0 spiro atoms. The van der Waals surface area contributed by atoms with E-state index in [0.29, 0.717) is 23.9 Å². The molecule has 0 aromatic carbocycles. The van der Waals surface area contributed by atoms with Gasteiger partial charge in [-0.05, 0) is 18.8 Å². The number of ether oxygens (including phenoxy) is 2. The lowest BCUT2D eigenvalue weighted by atomic mass is 9.99. The summed E-state index contributed by atoms with van der Waals surface area (Å²) in [6.45, 7) is 13.2. The average molecular weight is 231 g/mol. The van der Waals surface area contributed by atoms with E-state index in [1.54, 1.807) is 7.11 Å². The molecule has 3 nitrogen and oxygen atoms in total. The highest BCUT2D eigenvalue weighted by Crippen LogP contribution is 2.08. The lowest BCUT2D eigenvalue weighted by Crippen LogP contribution is -2.48. The van der Waals surface area contributed by atoms with Crippen molar-refractivity contribution in [3.8, 4) is 0 Å². The first kappa shape index (κ1) is 15.9. The Morgan fingerprint density at radius 3 is 1.81 bits per heavy atom. The minimum Gasteiger partial charge on any atom is -0.383 e. The molecule has 1 N–H and O–H groups in total. The summed E-state index contributed by atoms with van der Waals surface area (Å²) in [5.74, 6) is 1.15. The van der Waals surface area contributed by atoms with Gasteiger partial charge >= 0.3 is 0 Å². The summed E-state index contributed by atoms with van der Waals surface area (Å²) in [5.41, 5.74) is 0. The molecule has 0 radical (unpaired) electrons. The highest BCUT2D eigenvalue weighted by molar-refractivity contribution is 4.78. The number of nitrogens with one attached hydrogen (secondary N) is 1. The summed E-state index contributed by atoms with van der Waals surface area (Å²) in [5, 5.41) is 3.64. The molecule has 0 aromatic rings. The molecule has 0 amide bonds. The highest BCUT2D eigenvalue weighted by atomic mass is 16.5. The van der Waals surface area contributed by atoms with E-state index in [1.165, 1.54) is 0 Å². The predicted octanol–water partition coefficient (Wildman–Crippen LogP) is 2.31. The average Bonchev–Trinajstić information content (AvgIpc) is 2.21. The number of hydrogen-bond acceptors (Lipinski definition) is 3. The zero-order chi connectivity index (χ0) is 12.6. The summed E-state index contributed by atoms with van der Waals surface area (Å²) in [7, 11) is 1.75. The third-order valence-corrected chi connectivity index (χ3v) is 2.89. The quantitative estimate of drug-likeness (QED) is 0.660. The van der Waals surface area contributed by atoms with Crippen LogP contribution < -0.4 is 5.32 Å². The summed E-state index contributed by atoms with van der Waals surface area (Å²) in [4.78, 5) is 0. The minimum absolute atomic E-state index is 0.401. The van der Waals surface area contributed by atoms with Crippen molar-refractivity contribution in [1.82, 2.24) is 5.32 Å². The second kappa shape index (κ2) is 8.97. The van der Waals surface area contributed by atoms with Gasteiger partial charge in [0.2, 0.25) is 0 Å². The lowest BCUT2D eigenvalue weighted by molar-refractivity contribution is 0.0827. The van der Waals surface area contributed by atoms with Crippen LogP contribution in [0, 0.1) is 11.8 Å². The molecule has 2 atom stereocenters. The van der Waals surface area contributed by atoms with Gasteiger partial charge in [-0.2, -0.15) is 0 Å². The van der Waals surface area contributed by atoms with Crippen molar-refractivity contribution in [3.63, 3.8) is 0 Å². The van der Waals surface area contributed by atoms with Gasteiger partial charge in [0.15, 0.2) is 0 Å². The number of hydrogen-bond donors (Lipinski definition) is 1. The van der Waals surface area contributed by atoms with Gasteiger partial charge in [-0.25, -0.2) is 0 Å². The molecule has 0 aromatic heterocycles. The molecule has 0 rings (SSSR count). The summed E-state index contributed by atoms with van der Waals surface area (Å²) in [6.07, 6.45) is 0. The first-order chi connectivity index (χ1) is 7.52. The second-order valence-corrected chi connectivity index (χ2v) is 4.98. The zero-order valence-corrected chi connectivity index (χ0v) is 11.7. The Hall–Kier alpha value is -0.120. The van der Waals surface area contributed by atoms with Crippen LogP contribution in [0.2, 0.25) is 0 Å². The largest absolute Gasteiger partial charge is 0.383 e. The standard InChI is InChI=1S/C13H29NO2/c1-7-16-9-13(11(4)5)14-12(8-15-6)10(2)3/h10-14H,7-9H2,1-6H3. The molecule has 0 aliphatic carbocycles. The topological polar surface area (TPSA) is 30.5 Å². The molecule has 98 valence electrons. The van der Waals surface area contributed by atoms with E-state index in [0.717, 1.165) is 19.8 Å². The van der Waals surface area contributed by atoms with Crippen LogP contribution in [0.25, 0.3) is 0 Å². The van der Waals surface area contributed by atoms with Gasteiger partial charge in [-0.15, -0.1) is 0 Å². The fraction of sp³-hybridized carbons (Fsp3) is 1.00. The molecule has 0 saturated carbocycles. The van der Waals surface area contributed by atoms with Gasteiger partial charge in [0, 0.05) is 25.8 Å². The summed E-state index contributed by atoms with van der Waals surface area (Å²) < 4.78 is 10.8. The van der Waals surface area contributed by atoms with E-state index in [-0.39, 0.29) is 0 Å². The van der Waals surface area contributed by atoms with Crippen molar-refractivity contribution in [2.24, 2.45) is 11.8 Å². The number of methoxy groups -OCH3 is 1. The Balaban J connectivity index is 4.21. The SMILES string of the molecule is CCOCC(NC(COC)C(C)C)C(C)C. The molecule has 0 bridgehead atoms. The van der Waals surface area contributed by atoms with Crippen LogP contribution in [-0.2, 0) is 9.47 Å². The van der Waals surface area contributed by atoms with Crippen molar-refractivity contribution >= 4 is 0 Å². The van der Waals surface area contributed by atoms with Crippen LogP contribution in [-0.4, -0.2) is 39.0 Å². The van der Waals surface area contributed by atoms with E-state index in [9.17, 15) is 0 Å². The molecular formula is C13H29NO2. The van der Waals surface area contributed by atoms with E-state index in [2.05, 4.69) is 33.0 Å². The molecule has 3 heteroatoms. The smallest absolute Gasteiger partial charge is 0.0622 e. The van der Waals surface area contributed by atoms with Gasteiger partial charge in [0.1, 0.15) is 0 Å². The first-order valence-electron chi connectivity index (χ1n) is 6.35. The fourth-order valence-corrected chi connectivity index (χ4v) is 1.57. The molecule has 0 fully saturated rings. The van der Waals surface area contributed by atoms with Crippen molar-refractivity contribution in [1.29, 1.82) is 0 Å². The van der Waals surface area contributed by atoms with Crippen LogP contribution in [0.5, 0.6) is 0 Å². The van der Waals surface area contributed by atoms with E-state index in [4.69, 9.17) is 9.47 Å². The molecule has 0 saturated heterocycles. The van der Waals surface area contributed by atoms with E-state index >= 15 is 0 Å². The van der Waals surface area contributed by atoms with Crippen molar-refractivity contribution in [2.75, 3.05) is 26.9 Å². The van der Waals surface area contributed by atoms with Gasteiger partial charge in [0.05, 0.1) is 13.2 Å². The maximum Gasteiger partial charge on any atom is 0.0622 e. The highest BCUT2D eigenvalue weighted by Gasteiger charge is 2.20.